The number of amides is 1. The molecule has 0 bridgehead atoms. The van der Waals surface area contributed by atoms with Gasteiger partial charge in [0, 0.05) is 18.8 Å². The van der Waals surface area contributed by atoms with Crippen molar-refractivity contribution < 1.29 is 4.79 Å². The van der Waals surface area contributed by atoms with Gasteiger partial charge in [0.25, 0.3) is 5.91 Å². The Hall–Kier alpha value is -1.76. The van der Waals surface area contributed by atoms with Crippen LogP contribution in [0.25, 0.3) is 0 Å². The minimum atomic E-state index is -0.165. The second-order valence-electron chi connectivity index (χ2n) is 4.98. The molecule has 6 nitrogen and oxygen atoms in total. The summed E-state index contributed by atoms with van der Waals surface area (Å²) in [6.07, 6.45) is 0.759. The van der Waals surface area contributed by atoms with E-state index in [4.69, 9.17) is 0 Å². The van der Waals surface area contributed by atoms with Crippen LogP contribution in [-0.4, -0.2) is 31.9 Å². The molecule has 1 amide bonds. The minimum absolute atomic E-state index is 0.0216. The average Bonchev–Trinajstić information content (AvgIpc) is 2.89. The summed E-state index contributed by atoms with van der Waals surface area (Å²) in [4.78, 5) is 12.0. The van der Waals surface area contributed by atoms with Crippen LogP contribution in [0.5, 0.6) is 0 Å². The van der Waals surface area contributed by atoms with Crippen LogP contribution in [0.3, 0.4) is 0 Å². The van der Waals surface area contributed by atoms with E-state index in [9.17, 15) is 4.79 Å². The van der Waals surface area contributed by atoms with Crippen LogP contribution in [0.2, 0.25) is 0 Å². The third-order valence-corrected chi connectivity index (χ3v) is 4.10. The number of aryl methyl sites for hydroxylation is 3. The smallest absolute Gasteiger partial charge is 0.282 e. The number of carbonyl (C=O) groups excluding carboxylic acids is 1. The lowest BCUT2D eigenvalue weighted by Crippen LogP contribution is -2.34. The summed E-state index contributed by atoms with van der Waals surface area (Å²) in [5, 5.41) is 16.3. The molecule has 2 rings (SSSR count). The SMILES string of the molecule is Cc1nnc(C(=O)NC(C)Cc2c(C)nn(C)c2C)s1. The molecule has 0 saturated heterocycles. The highest BCUT2D eigenvalue weighted by Gasteiger charge is 2.17. The number of hydrogen-bond acceptors (Lipinski definition) is 5. The Morgan fingerprint density at radius 3 is 2.55 bits per heavy atom. The van der Waals surface area contributed by atoms with Crippen LogP contribution in [0.4, 0.5) is 0 Å². The summed E-state index contributed by atoms with van der Waals surface area (Å²) >= 11 is 1.30. The molecule has 0 radical (unpaired) electrons. The Morgan fingerprint density at radius 2 is 2.05 bits per heavy atom. The van der Waals surface area contributed by atoms with E-state index in [1.165, 1.54) is 16.9 Å². The van der Waals surface area contributed by atoms with E-state index in [0.717, 1.165) is 22.8 Å². The topological polar surface area (TPSA) is 72.7 Å². The number of nitrogens with zero attached hydrogens (tertiary/aromatic N) is 4. The number of aromatic nitrogens is 4. The average molecular weight is 293 g/mol. The molecule has 0 aliphatic carbocycles. The van der Waals surface area contributed by atoms with Gasteiger partial charge in [-0.05, 0) is 39.7 Å². The zero-order valence-electron chi connectivity index (χ0n) is 12.4. The zero-order valence-corrected chi connectivity index (χ0v) is 13.2. The molecule has 0 saturated carbocycles. The number of nitrogens with one attached hydrogen (secondary N) is 1. The highest BCUT2D eigenvalue weighted by Crippen LogP contribution is 2.14. The van der Waals surface area contributed by atoms with Crippen LogP contribution < -0.4 is 5.32 Å². The first-order valence-electron chi connectivity index (χ1n) is 6.48. The minimum Gasteiger partial charge on any atom is -0.347 e. The van der Waals surface area contributed by atoms with E-state index in [2.05, 4.69) is 20.6 Å². The van der Waals surface area contributed by atoms with Gasteiger partial charge in [-0.3, -0.25) is 9.48 Å². The Bertz CT molecular complexity index is 631. The molecular weight excluding hydrogens is 274 g/mol. The van der Waals surface area contributed by atoms with Crippen LogP contribution in [0.15, 0.2) is 0 Å². The first kappa shape index (κ1) is 14.6. The van der Waals surface area contributed by atoms with E-state index < -0.39 is 0 Å². The molecule has 1 unspecified atom stereocenters. The van der Waals surface area contributed by atoms with Crippen molar-refractivity contribution in [3.8, 4) is 0 Å². The van der Waals surface area contributed by atoms with Crippen molar-refractivity contribution in [3.63, 3.8) is 0 Å². The van der Waals surface area contributed by atoms with Crippen LogP contribution >= 0.6 is 11.3 Å². The van der Waals surface area contributed by atoms with Gasteiger partial charge in [-0.1, -0.05) is 11.3 Å². The fourth-order valence-corrected chi connectivity index (χ4v) is 2.74. The number of carbonyl (C=O) groups is 1. The van der Waals surface area contributed by atoms with Crippen molar-refractivity contribution in [2.45, 2.75) is 40.2 Å². The van der Waals surface area contributed by atoms with E-state index in [1.807, 2.05) is 39.4 Å². The molecule has 2 aromatic heterocycles. The van der Waals surface area contributed by atoms with Crippen LogP contribution in [-0.2, 0) is 13.5 Å². The first-order chi connectivity index (χ1) is 9.38. The van der Waals surface area contributed by atoms with Gasteiger partial charge in [0.05, 0.1) is 5.69 Å². The van der Waals surface area contributed by atoms with Crippen molar-refractivity contribution in [2.24, 2.45) is 7.05 Å². The van der Waals surface area contributed by atoms with Gasteiger partial charge in [-0.2, -0.15) is 5.10 Å². The predicted molar refractivity (Wildman–Crippen MR) is 78.0 cm³/mol. The molecule has 2 heterocycles. The summed E-state index contributed by atoms with van der Waals surface area (Å²) in [6, 6.07) is 0.0216. The lowest BCUT2D eigenvalue weighted by molar-refractivity contribution is 0.0939. The number of hydrogen-bond donors (Lipinski definition) is 1. The summed E-state index contributed by atoms with van der Waals surface area (Å²) in [7, 11) is 1.93. The van der Waals surface area contributed by atoms with Gasteiger partial charge in [0.15, 0.2) is 0 Å². The molecule has 0 aliphatic rings. The fourth-order valence-electron chi connectivity index (χ4n) is 2.14. The van der Waals surface area contributed by atoms with E-state index in [1.54, 1.807) is 0 Å². The molecule has 0 aliphatic heterocycles. The molecule has 7 heteroatoms. The van der Waals surface area contributed by atoms with Crippen LogP contribution in [0, 0.1) is 20.8 Å². The van der Waals surface area contributed by atoms with Crippen molar-refractivity contribution in [1.29, 1.82) is 0 Å². The highest BCUT2D eigenvalue weighted by molar-refractivity contribution is 7.13. The summed E-state index contributed by atoms with van der Waals surface area (Å²) in [5.41, 5.74) is 3.34. The van der Waals surface area contributed by atoms with Crippen molar-refractivity contribution in [2.75, 3.05) is 0 Å². The van der Waals surface area contributed by atoms with Crippen molar-refractivity contribution in [1.82, 2.24) is 25.3 Å². The second kappa shape index (κ2) is 5.70. The van der Waals surface area contributed by atoms with Gasteiger partial charge < -0.3 is 5.32 Å². The van der Waals surface area contributed by atoms with Crippen molar-refractivity contribution in [3.05, 3.63) is 27.0 Å². The summed E-state index contributed by atoms with van der Waals surface area (Å²) < 4.78 is 1.87. The van der Waals surface area contributed by atoms with Gasteiger partial charge in [0.2, 0.25) is 5.01 Å². The Kier molecular flexibility index (Phi) is 4.17. The molecule has 0 spiro atoms. The maximum atomic E-state index is 12.0. The Morgan fingerprint density at radius 1 is 1.35 bits per heavy atom. The maximum Gasteiger partial charge on any atom is 0.282 e. The number of rotatable bonds is 4. The van der Waals surface area contributed by atoms with Gasteiger partial charge in [-0.25, -0.2) is 0 Å². The quantitative estimate of drug-likeness (QED) is 0.928. The van der Waals surface area contributed by atoms with Gasteiger partial charge in [-0.15, -0.1) is 10.2 Å². The largest absolute Gasteiger partial charge is 0.347 e. The van der Waals surface area contributed by atoms with Crippen LogP contribution in [0.1, 0.15) is 38.7 Å². The lowest BCUT2D eigenvalue weighted by atomic mass is 10.1. The van der Waals surface area contributed by atoms with E-state index >= 15 is 0 Å². The van der Waals surface area contributed by atoms with Crippen molar-refractivity contribution >= 4 is 17.2 Å². The highest BCUT2D eigenvalue weighted by atomic mass is 32.1. The monoisotopic (exact) mass is 293 g/mol. The third-order valence-electron chi connectivity index (χ3n) is 3.27. The molecule has 1 atom stereocenters. The molecule has 20 heavy (non-hydrogen) atoms. The molecule has 2 aromatic rings. The Labute approximate surface area is 122 Å². The standard InChI is InChI=1S/C13H19N5OS/c1-7(6-11-8(2)17-18(5)9(11)3)14-12(19)13-16-15-10(4)20-13/h7H,6H2,1-5H3,(H,14,19). The molecular formula is C13H19N5OS. The summed E-state index contributed by atoms with van der Waals surface area (Å²) in [6.45, 7) is 7.85. The molecule has 0 aromatic carbocycles. The lowest BCUT2D eigenvalue weighted by Gasteiger charge is -2.13. The summed E-state index contributed by atoms with van der Waals surface area (Å²) in [5.74, 6) is -0.165. The second-order valence-corrected chi connectivity index (χ2v) is 6.16. The molecule has 1 N–H and O–H groups in total. The zero-order chi connectivity index (χ0) is 14.9. The van der Waals surface area contributed by atoms with E-state index in [-0.39, 0.29) is 11.9 Å². The Balaban J connectivity index is 2.02. The third kappa shape index (κ3) is 3.04. The predicted octanol–water partition coefficient (Wildman–Crippen LogP) is 1.56. The fraction of sp³-hybridized carbons (Fsp3) is 0.538. The van der Waals surface area contributed by atoms with E-state index in [0.29, 0.717) is 5.01 Å². The maximum absolute atomic E-state index is 12.0. The molecule has 0 fully saturated rings. The molecule has 108 valence electrons. The first-order valence-corrected chi connectivity index (χ1v) is 7.30. The van der Waals surface area contributed by atoms with Gasteiger partial charge >= 0.3 is 0 Å². The van der Waals surface area contributed by atoms with Gasteiger partial charge in [0.1, 0.15) is 5.01 Å². The normalized spacial score (nSPS) is 12.4.